The second-order valence-corrected chi connectivity index (χ2v) is 4.50. The van der Waals surface area contributed by atoms with Crippen molar-refractivity contribution in [1.82, 2.24) is 4.98 Å². The molecule has 1 aromatic heterocycles. The van der Waals surface area contributed by atoms with Gasteiger partial charge in [-0.15, -0.1) is 0 Å². The first kappa shape index (κ1) is 15.1. The standard InChI is InChI=1S/C11H14N2O5S/c1-6(14)9-8(10(16)18-3)13-11(19-9)12-5-4-7(15)17-2/h4-5H2,1-3H3,(H,12,13). The summed E-state index contributed by atoms with van der Waals surface area (Å²) >= 11 is 1.05. The summed E-state index contributed by atoms with van der Waals surface area (Å²) in [6, 6.07) is 0. The third kappa shape index (κ3) is 4.02. The number of aromatic nitrogens is 1. The molecule has 0 bridgehead atoms. The molecular weight excluding hydrogens is 272 g/mol. The number of anilines is 1. The molecule has 0 saturated carbocycles. The molecule has 0 aromatic carbocycles. The van der Waals surface area contributed by atoms with E-state index < -0.39 is 5.97 Å². The number of ether oxygens (including phenoxy) is 2. The van der Waals surface area contributed by atoms with Gasteiger partial charge in [-0.3, -0.25) is 9.59 Å². The van der Waals surface area contributed by atoms with Gasteiger partial charge >= 0.3 is 11.9 Å². The molecule has 19 heavy (non-hydrogen) atoms. The largest absolute Gasteiger partial charge is 0.469 e. The summed E-state index contributed by atoms with van der Waals surface area (Å²) in [7, 11) is 2.52. The Balaban J connectivity index is 2.78. The zero-order valence-electron chi connectivity index (χ0n) is 10.8. The number of nitrogens with one attached hydrogen (secondary N) is 1. The van der Waals surface area contributed by atoms with Crippen molar-refractivity contribution in [1.29, 1.82) is 0 Å². The van der Waals surface area contributed by atoms with Crippen molar-refractivity contribution in [3.63, 3.8) is 0 Å². The van der Waals surface area contributed by atoms with Crippen molar-refractivity contribution < 1.29 is 23.9 Å². The second kappa shape index (κ2) is 6.83. The minimum atomic E-state index is -0.664. The molecule has 0 atom stereocenters. The number of nitrogens with zero attached hydrogens (tertiary/aromatic N) is 1. The number of carbonyl (C=O) groups excluding carboxylic acids is 3. The highest BCUT2D eigenvalue weighted by Crippen LogP contribution is 2.24. The number of carbonyl (C=O) groups is 3. The molecule has 0 aliphatic carbocycles. The van der Waals surface area contributed by atoms with Gasteiger partial charge in [-0.1, -0.05) is 11.3 Å². The number of Topliss-reactive ketones (excluding diaryl/α,β-unsaturated/α-hetero) is 1. The molecule has 0 spiro atoms. The van der Waals surface area contributed by atoms with E-state index in [4.69, 9.17) is 0 Å². The van der Waals surface area contributed by atoms with Crippen LogP contribution in [0.5, 0.6) is 0 Å². The number of ketones is 1. The zero-order valence-corrected chi connectivity index (χ0v) is 11.6. The fourth-order valence-electron chi connectivity index (χ4n) is 1.24. The van der Waals surface area contributed by atoms with E-state index in [-0.39, 0.29) is 28.7 Å². The van der Waals surface area contributed by atoms with Gasteiger partial charge in [-0.25, -0.2) is 9.78 Å². The summed E-state index contributed by atoms with van der Waals surface area (Å²) in [5, 5.41) is 3.23. The molecule has 1 rings (SSSR count). The number of thiazole rings is 1. The lowest BCUT2D eigenvalue weighted by Crippen LogP contribution is -2.10. The van der Waals surface area contributed by atoms with Gasteiger partial charge in [0, 0.05) is 13.5 Å². The first-order valence-electron chi connectivity index (χ1n) is 5.40. The van der Waals surface area contributed by atoms with E-state index in [2.05, 4.69) is 19.8 Å². The number of esters is 2. The van der Waals surface area contributed by atoms with Crippen LogP contribution in [0.25, 0.3) is 0 Å². The first-order chi connectivity index (χ1) is 8.99. The van der Waals surface area contributed by atoms with Gasteiger partial charge in [0.15, 0.2) is 16.6 Å². The molecule has 0 radical (unpaired) electrons. The van der Waals surface area contributed by atoms with Crippen molar-refractivity contribution >= 4 is 34.2 Å². The maximum Gasteiger partial charge on any atom is 0.358 e. The summed E-state index contributed by atoms with van der Waals surface area (Å²) in [5.74, 6) is -1.29. The number of hydrogen-bond acceptors (Lipinski definition) is 8. The van der Waals surface area contributed by atoms with Gasteiger partial charge in [0.05, 0.1) is 20.6 Å². The molecule has 0 aliphatic rings. The van der Waals surface area contributed by atoms with E-state index >= 15 is 0 Å². The van der Waals surface area contributed by atoms with E-state index in [1.54, 1.807) is 0 Å². The Bertz CT molecular complexity index is 497. The molecular formula is C11H14N2O5S. The molecule has 0 unspecified atom stereocenters. The molecule has 1 N–H and O–H groups in total. The number of hydrogen-bond donors (Lipinski definition) is 1. The van der Waals surface area contributed by atoms with Crippen LogP contribution < -0.4 is 5.32 Å². The Kier molecular flexibility index (Phi) is 5.43. The Labute approximate surface area is 113 Å². The molecule has 7 nitrogen and oxygen atoms in total. The highest BCUT2D eigenvalue weighted by atomic mass is 32.1. The monoisotopic (exact) mass is 286 g/mol. The van der Waals surface area contributed by atoms with Gasteiger partial charge in [0.1, 0.15) is 4.88 Å². The molecule has 0 aliphatic heterocycles. The quantitative estimate of drug-likeness (QED) is 0.618. The summed E-state index contributed by atoms with van der Waals surface area (Å²) in [6.45, 7) is 1.65. The Morgan fingerprint density at radius 1 is 1.26 bits per heavy atom. The van der Waals surface area contributed by atoms with Crippen LogP contribution in [0.1, 0.15) is 33.5 Å². The zero-order chi connectivity index (χ0) is 14.4. The molecule has 0 fully saturated rings. The van der Waals surface area contributed by atoms with E-state index in [1.165, 1.54) is 21.1 Å². The minimum absolute atomic E-state index is 0.0134. The van der Waals surface area contributed by atoms with Crippen LogP contribution >= 0.6 is 11.3 Å². The highest BCUT2D eigenvalue weighted by Gasteiger charge is 2.21. The summed E-state index contributed by atoms with van der Waals surface area (Å²) in [6.07, 6.45) is 0.166. The van der Waals surface area contributed by atoms with Crippen molar-refractivity contribution in [3.8, 4) is 0 Å². The van der Waals surface area contributed by atoms with Gasteiger partial charge in [-0.2, -0.15) is 0 Å². The maximum absolute atomic E-state index is 11.4. The molecule has 1 aromatic rings. The van der Waals surface area contributed by atoms with Crippen molar-refractivity contribution in [2.75, 3.05) is 26.1 Å². The van der Waals surface area contributed by atoms with Gasteiger partial charge in [0.2, 0.25) is 0 Å². The molecule has 104 valence electrons. The first-order valence-corrected chi connectivity index (χ1v) is 6.22. The van der Waals surface area contributed by atoms with E-state index in [0.717, 1.165) is 11.3 Å². The summed E-state index contributed by atoms with van der Waals surface area (Å²) in [4.78, 5) is 38.0. The van der Waals surface area contributed by atoms with Crippen LogP contribution in [0.4, 0.5) is 5.13 Å². The number of rotatable bonds is 6. The van der Waals surface area contributed by atoms with Crippen molar-refractivity contribution in [2.45, 2.75) is 13.3 Å². The van der Waals surface area contributed by atoms with Crippen LogP contribution in [0, 0.1) is 0 Å². The fraction of sp³-hybridized carbons (Fsp3) is 0.455. The van der Waals surface area contributed by atoms with Gasteiger partial charge in [-0.05, 0) is 0 Å². The Morgan fingerprint density at radius 2 is 1.95 bits per heavy atom. The van der Waals surface area contributed by atoms with E-state index in [9.17, 15) is 14.4 Å². The van der Waals surface area contributed by atoms with E-state index in [0.29, 0.717) is 11.7 Å². The fourth-order valence-corrected chi connectivity index (χ4v) is 2.12. The predicted octanol–water partition coefficient (Wildman–Crippen LogP) is 1.11. The van der Waals surface area contributed by atoms with Gasteiger partial charge in [0.25, 0.3) is 0 Å². The molecule has 0 amide bonds. The highest BCUT2D eigenvalue weighted by molar-refractivity contribution is 7.17. The summed E-state index contributed by atoms with van der Waals surface area (Å²) in [5.41, 5.74) is -0.0134. The van der Waals surface area contributed by atoms with E-state index in [1.807, 2.05) is 0 Å². The molecule has 8 heteroatoms. The smallest absolute Gasteiger partial charge is 0.358 e. The lowest BCUT2D eigenvalue weighted by atomic mass is 10.3. The predicted molar refractivity (Wildman–Crippen MR) is 68.6 cm³/mol. The van der Waals surface area contributed by atoms with Crippen LogP contribution in [-0.2, 0) is 14.3 Å². The normalized spacial score (nSPS) is 9.84. The average Bonchev–Trinajstić information content (AvgIpc) is 2.82. The molecule has 1 heterocycles. The minimum Gasteiger partial charge on any atom is -0.469 e. The number of methoxy groups -OCH3 is 2. The third-order valence-electron chi connectivity index (χ3n) is 2.16. The van der Waals surface area contributed by atoms with Gasteiger partial charge < -0.3 is 14.8 Å². The lowest BCUT2D eigenvalue weighted by molar-refractivity contribution is -0.140. The van der Waals surface area contributed by atoms with Crippen LogP contribution in [-0.4, -0.2) is 43.5 Å². The topological polar surface area (TPSA) is 94.6 Å². The SMILES string of the molecule is COC(=O)CCNc1nc(C(=O)OC)c(C(C)=O)s1. The molecule has 0 saturated heterocycles. The van der Waals surface area contributed by atoms with Crippen molar-refractivity contribution in [3.05, 3.63) is 10.6 Å². The lowest BCUT2D eigenvalue weighted by Gasteiger charge is -2.00. The van der Waals surface area contributed by atoms with Crippen LogP contribution in [0.2, 0.25) is 0 Å². The maximum atomic E-state index is 11.4. The van der Waals surface area contributed by atoms with Crippen molar-refractivity contribution in [2.24, 2.45) is 0 Å². The second-order valence-electron chi connectivity index (χ2n) is 3.50. The Hall–Kier alpha value is -1.96. The van der Waals surface area contributed by atoms with Crippen LogP contribution in [0.3, 0.4) is 0 Å². The third-order valence-corrected chi connectivity index (χ3v) is 3.27. The summed E-state index contributed by atoms with van der Waals surface area (Å²) < 4.78 is 9.04. The Morgan fingerprint density at radius 3 is 2.47 bits per heavy atom. The average molecular weight is 286 g/mol. The van der Waals surface area contributed by atoms with Crippen LogP contribution in [0.15, 0.2) is 0 Å².